The normalized spacial score (nSPS) is 17.2. The maximum absolute atomic E-state index is 11.2. The molecule has 1 aromatic carbocycles. The first-order valence-electron chi connectivity index (χ1n) is 4.78. The minimum absolute atomic E-state index is 0.325. The van der Waals surface area contributed by atoms with Gasteiger partial charge >= 0.3 is 0 Å². The first kappa shape index (κ1) is 9.53. The Balaban J connectivity index is 2.14. The molecule has 1 aliphatic rings. The Morgan fingerprint density at radius 3 is 2.57 bits per heavy atom. The van der Waals surface area contributed by atoms with Crippen molar-refractivity contribution in [1.82, 2.24) is 0 Å². The Morgan fingerprint density at radius 2 is 1.93 bits per heavy atom. The van der Waals surface area contributed by atoms with Crippen LogP contribution >= 0.6 is 11.6 Å². The van der Waals surface area contributed by atoms with E-state index in [2.05, 4.69) is 4.90 Å². The lowest BCUT2D eigenvalue weighted by Crippen LogP contribution is -2.35. The zero-order chi connectivity index (χ0) is 9.97. The van der Waals surface area contributed by atoms with Crippen molar-refractivity contribution in [3.8, 4) is 0 Å². The van der Waals surface area contributed by atoms with Crippen LogP contribution in [0.25, 0.3) is 0 Å². The van der Waals surface area contributed by atoms with Gasteiger partial charge in [-0.15, -0.1) is 0 Å². The maximum atomic E-state index is 11.2. The molecule has 0 spiro atoms. The Bertz CT molecular complexity index is 334. The van der Waals surface area contributed by atoms with Crippen molar-refractivity contribution in [3.63, 3.8) is 0 Å². The Kier molecular flexibility index (Phi) is 2.73. The molecule has 0 unspecified atom stereocenters. The van der Waals surface area contributed by atoms with Gasteiger partial charge in [0.2, 0.25) is 0 Å². The van der Waals surface area contributed by atoms with Crippen LogP contribution in [-0.4, -0.2) is 18.9 Å². The van der Waals surface area contributed by atoms with Crippen LogP contribution in [-0.2, 0) is 4.79 Å². The first-order chi connectivity index (χ1) is 6.75. The van der Waals surface area contributed by atoms with Gasteiger partial charge in [-0.2, -0.15) is 0 Å². The van der Waals surface area contributed by atoms with E-state index in [0.29, 0.717) is 12.3 Å². The molecule has 2 nitrogen and oxygen atoms in total. The molecule has 1 saturated heterocycles. The molecular formula is C11H12ClNO. The minimum atomic E-state index is 0.325. The maximum Gasteiger partial charge on any atom is 0.152 e. The largest absolute Gasteiger partial charge is 0.364 e. The van der Waals surface area contributed by atoms with Crippen molar-refractivity contribution >= 4 is 23.1 Å². The van der Waals surface area contributed by atoms with E-state index in [1.807, 2.05) is 24.3 Å². The first-order valence-corrected chi connectivity index (χ1v) is 5.16. The number of carbonyl (C=O) groups is 1. The number of hydrogen-bond donors (Lipinski definition) is 0. The number of rotatable bonds is 1. The summed E-state index contributed by atoms with van der Waals surface area (Å²) in [7, 11) is 0. The summed E-state index contributed by atoms with van der Waals surface area (Å²) in [5.41, 5.74) is 1.09. The van der Waals surface area contributed by atoms with Crippen LogP contribution in [0.15, 0.2) is 24.3 Å². The van der Waals surface area contributed by atoms with Crippen LogP contribution in [0.2, 0.25) is 5.02 Å². The highest BCUT2D eigenvalue weighted by Crippen LogP contribution is 2.20. The predicted octanol–water partition coefficient (Wildman–Crippen LogP) is 2.51. The van der Waals surface area contributed by atoms with E-state index in [1.54, 1.807) is 0 Å². The van der Waals surface area contributed by atoms with Gasteiger partial charge in [0.05, 0.1) is 6.54 Å². The van der Waals surface area contributed by atoms with Crippen molar-refractivity contribution in [2.45, 2.75) is 12.8 Å². The summed E-state index contributed by atoms with van der Waals surface area (Å²) in [6, 6.07) is 7.63. The molecule has 1 fully saturated rings. The summed E-state index contributed by atoms with van der Waals surface area (Å²) >= 11 is 5.79. The molecule has 0 atom stereocenters. The lowest BCUT2D eigenvalue weighted by molar-refractivity contribution is -0.118. The van der Waals surface area contributed by atoms with Crippen molar-refractivity contribution in [2.24, 2.45) is 0 Å². The average Bonchev–Trinajstić information content (AvgIpc) is 2.19. The Hall–Kier alpha value is -1.02. The monoisotopic (exact) mass is 209 g/mol. The molecule has 1 aromatic rings. The Morgan fingerprint density at radius 1 is 1.21 bits per heavy atom. The van der Waals surface area contributed by atoms with Crippen molar-refractivity contribution in [2.75, 3.05) is 18.0 Å². The van der Waals surface area contributed by atoms with E-state index in [-0.39, 0.29) is 0 Å². The van der Waals surface area contributed by atoms with E-state index in [0.717, 1.165) is 30.1 Å². The molecule has 0 aromatic heterocycles. The van der Waals surface area contributed by atoms with Gasteiger partial charge in [0.25, 0.3) is 0 Å². The summed E-state index contributed by atoms with van der Waals surface area (Å²) in [5.74, 6) is 0.325. The highest BCUT2D eigenvalue weighted by molar-refractivity contribution is 6.30. The zero-order valence-corrected chi connectivity index (χ0v) is 8.63. The molecule has 2 rings (SSSR count). The molecule has 0 bridgehead atoms. The molecule has 0 aliphatic carbocycles. The quantitative estimate of drug-likeness (QED) is 0.709. The highest BCUT2D eigenvalue weighted by atomic mass is 35.5. The van der Waals surface area contributed by atoms with Crippen LogP contribution in [0.5, 0.6) is 0 Å². The summed E-state index contributed by atoms with van der Waals surface area (Å²) in [5, 5.41) is 0.733. The lowest BCUT2D eigenvalue weighted by atomic mass is 10.1. The van der Waals surface area contributed by atoms with E-state index < -0.39 is 0 Å². The number of piperidine rings is 1. The van der Waals surface area contributed by atoms with Gasteiger partial charge in [-0.05, 0) is 30.7 Å². The summed E-state index contributed by atoms with van der Waals surface area (Å²) in [4.78, 5) is 13.3. The molecule has 0 radical (unpaired) electrons. The topological polar surface area (TPSA) is 20.3 Å². The summed E-state index contributed by atoms with van der Waals surface area (Å²) in [6.45, 7) is 1.51. The molecule has 0 amide bonds. The van der Waals surface area contributed by atoms with Crippen molar-refractivity contribution in [1.29, 1.82) is 0 Å². The highest BCUT2D eigenvalue weighted by Gasteiger charge is 2.16. The minimum Gasteiger partial charge on any atom is -0.364 e. The third-order valence-corrected chi connectivity index (χ3v) is 2.69. The molecule has 1 heterocycles. The number of nitrogens with zero attached hydrogens (tertiary/aromatic N) is 1. The van der Waals surface area contributed by atoms with Gasteiger partial charge in [0.1, 0.15) is 0 Å². The van der Waals surface area contributed by atoms with Gasteiger partial charge in [0, 0.05) is 23.7 Å². The van der Waals surface area contributed by atoms with Gasteiger partial charge < -0.3 is 4.90 Å². The fourth-order valence-electron chi connectivity index (χ4n) is 1.71. The van der Waals surface area contributed by atoms with Gasteiger partial charge in [-0.25, -0.2) is 0 Å². The second kappa shape index (κ2) is 4.01. The number of hydrogen-bond acceptors (Lipinski definition) is 2. The third-order valence-electron chi connectivity index (χ3n) is 2.44. The molecule has 74 valence electrons. The number of ketones is 1. The van der Waals surface area contributed by atoms with E-state index in [1.165, 1.54) is 0 Å². The predicted molar refractivity (Wildman–Crippen MR) is 57.9 cm³/mol. The number of benzene rings is 1. The molecule has 0 N–H and O–H groups in total. The van der Waals surface area contributed by atoms with E-state index in [9.17, 15) is 4.79 Å². The standard InChI is InChI=1S/C11H12ClNO/c12-9-3-5-10(6-4-9)13-7-1-2-11(14)8-13/h3-6H,1-2,7-8H2. The molecule has 14 heavy (non-hydrogen) atoms. The third kappa shape index (κ3) is 2.07. The van der Waals surface area contributed by atoms with Gasteiger partial charge in [0.15, 0.2) is 5.78 Å². The van der Waals surface area contributed by atoms with Crippen molar-refractivity contribution < 1.29 is 4.79 Å². The summed E-state index contributed by atoms with van der Waals surface area (Å²) in [6.07, 6.45) is 1.69. The number of Topliss-reactive ketones (excluding diaryl/α,β-unsaturated/α-hetero) is 1. The zero-order valence-electron chi connectivity index (χ0n) is 7.87. The lowest BCUT2D eigenvalue weighted by Gasteiger charge is -2.27. The van der Waals surface area contributed by atoms with Crippen LogP contribution in [0.3, 0.4) is 0 Å². The van der Waals surface area contributed by atoms with Crippen LogP contribution in [0.4, 0.5) is 5.69 Å². The van der Waals surface area contributed by atoms with Crippen LogP contribution in [0, 0.1) is 0 Å². The molecular weight excluding hydrogens is 198 g/mol. The van der Waals surface area contributed by atoms with Crippen molar-refractivity contribution in [3.05, 3.63) is 29.3 Å². The average molecular weight is 210 g/mol. The number of halogens is 1. The number of carbonyl (C=O) groups excluding carboxylic acids is 1. The molecule has 0 saturated carbocycles. The Labute approximate surface area is 88.5 Å². The second-order valence-corrected chi connectivity index (χ2v) is 3.98. The SMILES string of the molecule is O=C1CCCN(c2ccc(Cl)cc2)C1. The van der Waals surface area contributed by atoms with Gasteiger partial charge in [-0.1, -0.05) is 11.6 Å². The second-order valence-electron chi connectivity index (χ2n) is 3.54. The van der Waals surface area contributed by atoms with Crippen LogP contribution < -0.4 is 4.90 Å². The van der Waals surface area contributed by atoms with Gasteiger partial charge in [-0.3, -0.25) is 4.79 Å². The van der Waals surface area contributed by atoms with E-state index >= 15 is 0 Å². The fraction of sp³-hybridized carbons (Fsp3) is 0.364. The molecule has 1 aliphatic heterocycles. The smallest absolute Gasteiger partial charge is 0.152 e. The molecule has 3 heteroatoms. The fourth-order valence-corrected chi connectivity index (χ4v) is 1.84. The number of anilines is 1. The van der Waals surface area contributed by atoms with Crippen LogP contribution in [0.1, 0.15) is 12.8 Å². The summed E-state index contributed by atoms with van der Waals surface area (Å²) < 4.78 is 0. The van der Waals surface area contributed by atoms with E-state index in [4.69, 9.17) is 11.6 Å².